The van der Waals surface area contributed by atoms with Gasteiger partial charge in [-0.15, -0.1) is 9.38 Å². The van der Waals surface area contributed by atoms with Crippen molar-refractivity contribution in [2.24, 2.45) is 0 Å². The zero-order valence-corrected chi connectivity index (χ0v) is 25.0. The maximum Gasteiger partial charge on any atom is 0.418 e. The van der Waals surface area contributed by atoms with Gasteiger partial charge in [0.2, 0.25) is 0 Å². The van der Waals surface area contributed by atoms with Crippen LogP contribution in [0.15, 0.2) is 12.3 Å². The van der Waals surface area contributed by atoms with E-state index in [0.29, 0.717) is 29.6 Å². The molecule has 0 aromatic carbocycles. The van der Waals surface area contributed by atoms with E-state index in [9.17, 15) is 18.0 Å². The lowest BCUT2D eigenvalue weighted by Crippen LogP contribution is -2.44. The summed E-state index contributed by atoms with van der Waals surface area (Å²) in [5.74, 6) is 0. The first kappa shape index (κ1) is 30.0. The number of urea groups is 1. The van der Waals surface area contributed by atoms with Gasteiger partial charge < -0.3 is 14.1 Å². The first-order valence-corrected chi connectivity index (χ1v) is 16.5. The predicted molar refractivity (Wildman–Crippen MR) is 139 cm³/mol. The largest absolute Gasteiger partial charge is 0.444 e. The molecule has 3 heterocycles. The lowest BCUT2D eigenvalue weighted by Gasteiger charge is -2.37. The number of carbonyl (C=O) groups is 2. The molecule has 3 rings (SSSR count). The minimum atomic E-state index is -4.86. The molecule has 1 atom stereocenters. The van der Waals surface area contributed by atoms with Gasteiger partial charge in [0.15, 0.2) is 8.32 Å². The molecule has 2 bridgehead atoms. The highest BCUT2D eigenvalue weighted by Gasteiger charge is 2.43. The van der Waals surface area contributed by atoms with Gasteiger partial charge in [-0.25, -0.2) is 14.3 Å². The SMILES string of the molecule is CC(C)(C)OC(=O)N(CCO[Si](C)(C)C(C)(C)C)Cc1cn(C2=CC3CN(C2)C(=O)N3OS(=O)(=O)O)nn1. The van der Waals surface area contributed by atoms with Crippen LogP contribution in [0.25, 0.3) is 5.70 Å². The van der Waals surface area contributed by atoms with Gasteiger partial charge in [-0.05, 0) is 45.0 Å². The Balaban J connectivity index is 1.74. The molecule has 214 valence electrons. The van der Waals surface area contributed by atoms with Crippen molar-refractivity contribution in [3.63, 3.8) is 0 Å². The van der Waals surface area contributed by atoms with E-state index in [0.717, 1.165) is 0 Å². The number of hydroxylamine groups is 2. The van der Waals surface area contributed by atoms with Crippen LogP contribution in [0.4, 0.5) is 9.59 Å². The summed E-state index contributed by atoms with van der Waals surface area (Å²) in [5.41, 5.74) is 0.352. The van der Waals surface area contributed by atoms with E-state index >= 15 is 0 Å². The van der Waals surface area contributed by atoms with Gasteiger partial charge in [0.25, 0.3) is 0 Å². The summed E-state index contributed by atoms with van der Waals surface area (Å²) < 4.78 is 49.0. The fourth-order valence-corrected chi connectivity index (χ4v) is 5.03. The average Bonchev–Trinajstić information content (AvgIpc) is 3.29. The molecule has 38 heavy (non-hydrogen) atoms. The Morgan fingerprint density at radius 3 is 2.47 bits per heavy atom. The van der Waals surface area contributed by atoms with E-state index in [1.165, 1.54) is 14.5 Å². The summed E-state index contributed by atoms with van der Waals surface area (Å²) in [6, 6.07) is -1.44. The topological polar surface area (TPSA) is 157 Å². The molecule has 2 aliphatic heterocycles. The molecule has 1 aromatic rings. The number of hydrogen-bond acceptors (Lipinski definition) is 9. The van der Waals surface area contributed by atoms with Gasteiger partial charge in [0, 0.05) is 13.1 Å². The summed E-state index contributed by atoms with van der Waals surface area (Å²) in [6.45, 7) is 17.2. The lowest BCUT2D eigenvalue weighted by molar-refractivity contribution is -0.0183. The van der Waals surface area contributed by atoms with Crippen LogP contribution in [0.1, 0.15) is 47.2 Å². The Bertz CT molecular complexity index is 1190. The minimum Gasteiger partial charge on any atom is -0.444 e. The van der Waals surface area contributed by atoms with E-state index in [1.807, 2.05) is 0 Å². The number of rotatable bonds is 9. The highest BCUT2D eigenvalue weighted by atomic mass is 32.3. The molecule has 0 aliphatic carbocycles. The second-order valence-corrected chi connectivity index (χ2v) is 17.7. The van der Waals surface area contributed by atoms with E-state index in [-0.39, 0.29) is 24.7 Å². The lowest BCUT2D eigenvalue weighted by atomic mass is 10.2. The predicted octanol–water partition coefficient (Wildman–Crippen LogP) is 2.73. The highest BCUT2D eigenvalue weighted by molar-refractivity contribution is 7.80. The minimum absolute atomic E-state index is 0.0268. The third-order valence-corrected chi connectivity index (χ3v) is 11.4. The van der Waals surface area contributed by atoms with Crippen LogP contribution < -0.4 is 0 Å². The Morgan fingerprint density at radius 1 is 1.24 bits per heavy atom. The van der Waals surface area contributed by atoms with Gasteiger partial charge in [-0.1, -0.05) is 26.0 Å². The molecule has 1 unspecified atom stereocenters. The maximum absolute atomic E-state index is 13.0. The van der Waals surface area contributed by atoms with Gasteiger partial charge in [0.1, 0.15) is 17.3 Å². The van der Waals surface area contributed by atoms with E-state index in [4.69, 9.17) is 13.7 Å². The van der Waals surface area contributed by atoms with E-state index in [2.05, 4.69) is 48.5 Å². The monoisotopic (exact) mass is 574 g/mol. The number of carbonyl (C=O) groups excluding carboxylic acids is 2. The van der Waals surface area contributed by atoms with Crippen LogP contribution in [-0.2, 0) is 30.4 Å². The zero-order valence-electron chi connectivity index (χ0n) is 23.2. The van der Waals surface area contributed by atoms with Gasteiger partial charge in [-0.3, -0.25) is 9.45 Å². The second kappa shape index (κ2) is 10.6. The molecule has 1 aromatic heterocycles. The van der Waals surface area contributed by atoms with Crippen molar-refractivity contribution < 1.29 is 36.0 Å². The fourth-order valence-electron chi connectivity index (χ4n) is 3.62. The summed E-state index contributed by atoms with van der Waals surface area (Å²) in [7, 11) is -6.88. The van der Waals surface area contributed by atoms with Crippen LogP contribution in [0.3, 0.4) is 0 Å². The van der Waals surface area contributed by atoms with Crippen LogP contribution in [0.5, 0.6) is 0 Å². The van der Waals surface area contributed by atoms with Gasteiger partial charge in [0.05, 0.1) is 31.6 Å². The Kier molecular flexibility index (Phi) is 8.34. The molecule has 14 nitrogen and oxygen atoms in total. The second-order valence-electron chi connectivity index (χ2n) is 11.9. The number of ether oxygens (including phenoxy) is 1. The first-order chi connectivity index (χ1) is 17.3. The molecule has 0 spiro atoms. The third kappa shape index (κ3) is 7.53. The Morgan fingerprint density at radius 2 is 1.89 bits per heavy atom. The Labute approximate surface area is 224 Å². The molecule has 1 saturated heterocycles. The van der Waals surface area contributed by atoms with Crippen molar-refractivity contribution >= 4 is 36.5 Å². The molecular formula is C22H38N6O8SSi. The molecule has 2 aliphatic rings. The Hall–Kier alpha value is -2.53. The zero-order chi connectivity index (χ0) is 28.7. The number of fused-ring (bicyclic) bond motifs is 2. The average molecular weight is 575 g/mol. The van der Waals surface area contributed by atoms with Gasteiger partial charge >= 0.3 is 22.5 Å². The number of amides is 3. The highest BCUT2D eigenvalue weighted by Crippen LogP contribution is 2.36. The van der Waals surface area contributed by atoms with E-state index in [1.54, 1.807) is 33.0 Å². The molecule has 0 radical (unpaired) electrons. The van der Waals surface area contributed by atoms with E-state index < -0.39 is 42.5 Å². The number of hydrogen-bond donors (Lipinski definition) is 1. The molecule has 1 N–H and O–H groups in total. The standard InChI is InChI=1S/C22H38N6O8SSi/c1-21(2,3)35-20(30)25(9-10-34-38(7,8)22(4,5)6)12-16-13-27(24-23-16)17-11-18-15-26(14-17)19(29)28(18)36-37(31,32)33/h11,13,18H,9-10,12,14-15H2,1-8H3,(H,31,32,33). The first-order valence-electron chi connectivity index (χ1n) is 12.2. The maximum atomic E-state index is 13.0. The molecule has 3 amide bonds. The van der Waals surface area contributed by atoms with Crippen molar-refractivity contribution in [1.29, 1.82) is 0 Å². The summed E-state index contributed by atoms with van der Waals surface area (Å²) in [5, 5.41) is 8.94. The third-order valence-electron chi connectivity index (χ3n) is 6.55. The van der Waals surface area contributed by atoms with Crippen molar-refractivity contribution in [1.82, 2.24) is 29.9 Å². The van der Waals surface area contributed by atoms with Crippen molar-refractivity contribution in [2.75, 3.05) is 26.2 Å². The van der Waals surface area contributed by atoms with Crippen LogP contribution in [0.2, 0.25) is 18.1 Å². The summed E-state index contributed by atoms with van der Waals surface area (Å²) in [6.07, 6.45) is 2.74. The van der Waals surface area contributed by atoms with Crippen molar-refractivity contribution in [2.45, 2.75) is 77.9 Å². The normalized spacial score (nSPS) is 18.6. The van der Waals surface area contributed by atoms with Crippen molar-refractivity contribution in [3.05, 3.63) is 18.0 Å². The summed E-state index contributed by atoms with van der Waals surface area (Å²) >= 11 is 0. The summed E-state index contributed by atoms with van der Waals surface area (Å²) in [4.78, 5) is 28.3. The van der Waals surface area contributed by atoms with Gasteiger partial charge in [-0.2, -0.15) is 13.5 Å². The molecule has 16 heteroatoms. The van der Waals surface area contributed by atoms with Crippen LogP contribution in [0, 0.1) is 0 Å². The number of aromatic nitrogens is 3. The molecule has 0 saturated carbocycles. The van der Waals surface area contributed by atoms with Crippen LogP contribution in [-0.4, -0.2) is 101 Å². The fraction of sp³-hybridized carbons (Fsp3) is 0.727. The smallest absolute Gasteiger partial charge is 0.418 e. The van der Waals surface area contributed by atoms with Crippen LogP contribution >= 0.6 is 0 Å². The number of nitrogens with zero attached hydrogens (tertiary/aromatic N) is 6. The quantitative estimate of drug-likeness (QED) is 0.343. The molecule has 1 fully saturated rings. The molecular weight excluding hydrogens is 536 g/mol. The van der Waals surface area contributed by atoms with Crippen molar-refractivity contribution in [3.8, 4) is 0 Å².